The van der Waals surface area contributed by atoms with Gasteiger partial charge in [0.2, 0.25) is 5.91 Å². The van der Waals surface area contributed by atoms with Gasteiger partial charge in [0, 0.05) is 18.5 Å². The van der Waals surface area contributed by atoms with Crippen LogP contribution in [0.5, 0.6) is 0 Å². The molecule has 0 aromatic heterocycles. The molecule has 1 heterocycles. The lowest BCUT2D eigenvalue weighted by Gasteiger charge is -2.30. The van der Waals surface area contributed by atoms with Crippen molar-refractivity contribution in [3.63, 3.8) is 0 Å². The molecule has 2 nitrogen and oxygen atoms in total. The van der Waals surface area contributed by atoms with Crippen molar-refractivity contribution < 1.29 is 4.79 Å². The van der Waals surface area contributed by atoms with Crippen molar-refractivity contribution in [1.82, 2.24) is 4.90 Å². The molecule has 1 amide bonds. The maximum atomic E-state index is 11.8. The van der Waals surface area contributed by atoms with E-state index in [9.17, 15) is 4.79 Å². The van der Waals surface area contributed by atoms with E-state index in [1.807, 2.05) is 4.90 Å². The quantitative estimate of drug-likeness (QED) is 0.678. The Bertz CT molecular complexity index is 438. The monoisotopic (exact) mass is 229 g/mol. The van der Waals surface area contributed by atoms with Crippen LogP contribution in [0, 0.1) is 0 Å². The average molecular weight is 229 g/mol. The summed E-state index contributed by atoms with van der Waals surface area (Å²) < 4.78 is 0. The van der Waals surface area contributed by atoms with E-state index in [-0.39, 0.29) is 11.9 Å². The minimum absolute atomic E-state index is 0.0390. The first kappa shape index (κ1) is 11.9. The van der Waals surface area contributed by atoms with E-state index in [1.54, 1.807) is 0 Å². The highest BCUT2D eigenvalue weighted by molar-refractivity contribution is 5.87. The lowest BCUT2D eigenvalue weighted by Crippen LogP contribution is -2.40. The summed E-state index contributed by atoms with van der Waals surface area (Å²) in [6.45, 7) is 8.68. The number of carbonyl (C=O) groups is 1. The van der Waals surface area contributed by atoms with Crippen LogP contribution in [0.1, 0.15) is 30.9 Å². The number of carbonyl (C=O) groups excluding carboxylic acids is 1. The summed E-state index contributed by atoms with van der Waals surface area (Å²) in [5, 5.41) is 0. The van der Waals surface area contributed by atoms with Crippen molar-refractivity contribution in [3.8, 4) is 0 Å². The zero-order valence-corrected chi connectivity index (χ0v) is 10.5. The Morgan fingerprint density at radius 1 is 1.41 bits per heavy atom. The number of hydrogen-bond donors (Lipinski definition) is 0. The maximum Gasteiger partial charge on any atom is 0.246 e. The molecular weight excluding hydrogens is 210 g/mol. The van der Waals surface area contributed by atoms with Crippen LogP contribution in [-0.2, 0) is 11.2 Å². The summed E-state index contributed by atoms with van der Waals surface area (Å²) in [6, 6.07) is 8.72. The fraction of sp³-hybridized carbons (Fsp3) is 0.400. The van der Waals surface area contributed by atoms with E-state index in [0.29, 0.717) is 5.92 Å². The highest BCUT2D eigenvalue weighted by atomic mass is 16.2. The molecular formula is C15H19NO. The van der Waals surface area contributed by atoms with Crippen LogP contribution in [0.4, 0.5) is 0 Å². The van der Waals surface area contributed by atoms with E-state index in [1.165, 1.54) is 17.2 Å². The molecule has 90 valence electrons. The molecule has 0 radical (unpaired) electrons. The molecule has 1 aromatic rings. The lowest BCUT2D eigenvalue weighted by molar-refractivity contribution is -0.128. The van der Waals surface area contributed by atoms with Gasteiger partial charge in [-0.1, -0.05) is 37.8 Å². The van der Waals surface area contributed by atoms with Crippen LogP contribution < -0.4 is 0 Å². The van der Waals surface area contributed by atoms with Crippen molar-refractivity contribution in [2.45, 2.75) is 32.2 Å². The molecule has 0 spiro atoms. The second-order valence-electron chi connectivity index (χ2n) is 4.71. The predicted molar refractivity (Wildman–Crippen MR) is 69.9 cm³/mol. The number of amides is 1. The third-order valence-electron chi connectivity index (χ3n) is 3.84. The number of rotatable bonds is 1. The molecule has 0 saturated heterocycles. The van der Waals surface area contributed by atoms with Gasteiger partial charge in [0.15, 0.2) is 0 Å². The van der Waals surface area contributed by atoms with Gasteiger partial charge in [-0.05, 0) is 30.5 Å². The van der Waals surface area contributed by atoms with Crippen molar-refractivity contribution in [2.75, 3.05) is 6.54 Å². The van der Waals surface area contributed by atoms with Crippen molar-refractivity contribution in [1.29, 1.82) is 0 Å². The van der Waals surface area contributed by atoms with Crippen molar-refractivity contribution in [3.05, 3.63) is 48.0 Å². The molecule has 2 rings (SSSR count). The summed E-state index contributed by atoms with van der Waals surface area (Å²) in [6.07, 6.45) is 2.35. The van der Waals surface area contributed by atoms with Crippen LogP contribution in [0.3, 0.4) is 0 Å². The van der Waals surface area contributed by atoms with Gasteiger partial charge >= 0.3 is 0 Å². The summed E-state index contributed by atoms with van der Waals surface area (Å²) in [7, 11) is 0. The van der Waals surface area contributed by atoms with Gasteiger partial charge in [0.05, 0.1) is 0 Å². The van der Waals surface area contributed by atoms with E-state index >= 15 is 0 Å². The minimum Gasteiger partial charge on any atom is -0.336 e. The normalized spacial score (nSPS) is 23.8. The zero-order chi connectivity index (χ0) is 12.4. The standard InChI is InChI=1S/C15H19NO/c1-4-15(17)16-10-9-13-7-5-6-8-14(13)11(2)12(16)3/h4-8,11-12H,1,9-10H2,2-3H3/t11-,12+/m1/s1. The molecule has 0 fully saturated rings. The number of hydrogen-bond acceptors (Lipinski definition) is 1. The molecule has 1 aliphatic heterocycles. The van der Waals surface area contributed by atoms with Gasteiger partial charge in [-0.3, -0.25) is 4.79 Å². The van der Waals surface area contributed by atoms with Crippen molar-refractivity contribution >= 4 is 5.91 Å². The Kier molecular flexibility index (Phi) is 3.32. The Morgan fingerprint density at radius 2 is 2.12 bits per heavy atom. The average Bonchev–Trinajstić information content (AvgIpc) is 2.49. The fourth-order valence-electron chi connectivity index (χ4n) is 2.61. The topological polar surface area (TPSA) is 20.3 Å². The third kappa shape index (κ3) is 2.12. The first-order chi connectivity index (χ1) is 8.15. The maximum absolute atomic E-state index is 11.8. The summed E-state index contributed by atoms with van der Waals surface area (Å²) in [4.78, 5) is 13.8. The van der Waals surface area contributed by atoms with E-state index in [4.69, 9.17) is 0 Å². The summed E-state index contributed by atoms with van der Waals surface area (Å²) in [5.74, 6) is 0.412. The van der Waals surface area contributed by atoms with Gasteiger partial charge in [-0.15, -0.1) is 0 Å². The first-order valence-electron chi connectivity index (χ1n) is 6.16. The van der Waals surface area contributed by atoms with Crippen LogP contribution in [0.2, 0.25) is 0 Å². The van der Waals surface area contributed by atoms with Crippen LogP contribution >= 0.6 is 0 Å². The van der Waals surface area contributed by atoms with Gasteiger partial charge in [0.1, 0.15) is 0 Å². The van der Waals surface area contributed by atoms with Crippen LogP contribution in [0.15, 0.2) is 36.9 Å². The van der Waals surface area contributed by atoms with Crippen LogP contribution in [0.25, 0.3) is 0 Å². The Hall–Kier alpha value is -1.57. The Balaban J connectivity index is 2.35. The molecule has 17 heavy (non-hydrogen) atoms. The number of benzene rings is 1. The Labute approximate surface area is 103 Å². The summed E-state index contributed by atoms with van der Waals surface area (Å²) >= 11 is 0. The molecule has 0 saturated carbocycles. The smallest absolute Gasteiger partial charge is 0.246 e. The molecule has 0 bridgehead atoms. The summed E-state index contributed by atoms with van der Waals surface area (Å²) in [5.41, 5.74) is 2.74. The van der Waals surface area contributed by atoms with E-state index in [0.717, 1.165) is 13.0 Å². The van der Waals surface area contributed by atoms with Gasteiger partial charge < -0.3 is 4.90 Å². The first-order valence-corrected chi connectivity index (χ1v) is 6.16. The van der Waals surface area contributed by atoms with Crippen molar-refractivity contribution in [2.24, 2.45) is 0 Å². The molecule has 0 N–H and O–H groups in total. The molecule has 0 aliphatic carbocycles. The number of nitrogens with zero attached hydrogens (tertiary/aromatic N) is 1. The third-order valence-corrected chi connectivity index (χ3v) is 3.84. The molecule has 1 aliphatic rings. The van der Waals surface area contributed by atoms with E-state index in [2.05, 4.69) is 44.7 Å². The fourth-order valence-corrected chi connectivity index (χ4v) is 2.61. The molecule has 2 heteroatoms. The van der Waals surface area contributed by atoms with Gasteiger partial charge in [0.25, 0.3) is 0 Å². The van der Waals surface area contributed by atoms with Crippen LogP contribution in [-0.4, -0.2) is 23.4 Å². The second kappa shape index (κ2) is 4.74. The molecule has 1 aromatic carbocycles. The lowest BCUT2D eigenvalue weighted by atomic mass is 9.91. The zero-order valence-electron chi connectivity index (χ0n) is 10.5. The SMILES string of the molecule is C=CC(=O)N1CCc2ccccc2[C@H](C)[C@@H]1C. The van der Waals surface area contributed by atoms with E-state index < -0.39 is 0 Å². The number of fused-ring (bicyclic) bond motifs is 1. The highest BCUT2D eigenvalue weighted by Gasteiger charge is 2.28. The van der Waals surface area contributed by atoms with Gasteiger partial charge in [-0.25, -0.2) is 0 Å². The largest absolute Gasteiger partial charge is 0.336 e. The molecule has 2 atom stereocenters. The predicted octanol–water partition coefficient (Wildman–Crippen LogP) is 2.75. The van der Waals surface area contributed by atoms with Gasteiger partial charge in [-0.2, -0.15) is 0 Å². The second-order valence-corrected chi connectivity index (χ2v) is 4.71. The Morgan fingerprint density at radius 3 is 2.82 bits per heavy atom. The molecule has 0 unspecified atom stereocenters. The minimum atomic E-state index is 0.0390. The highest BCUT2D eigenvalue weighted by Crippen LogP contribution is 2.29.